The summed E-state index contributed by atoms with van der Waals surface area (Å²) in [4.78, 5) is 18.2. The average molecular weight is 358 g/mol. The number of hydrogen-bond donors (Lipinski definition) is 0. The van der Waals surface area contributed by atoms with Crippen molar-refractivity contribution in [3.8, 4) is 5.75 Å². The van der Waals surface area contributed by atoms with Gasteiger partial charge in [-0.25, -0.2) is 0 Å². The third-order valence-corrected chi connectivity index (χ3v) is 3.75. The van der Waals surface area contributed by atoms with Crippen molar-refractivity contribution in [2.24, 2.45) is 0 Å². The fourth-order valence-electron chi connectivity index (χ4n) is 2.59. The lowest BCUT2D eigenvalue weighted by Gasteiger charge is -2.23. The van der Waals surface area contributed by atoms with Crippen LogP contribution in [0, 0.1) is 0 Å². The van der Waals surface area contributed by atoms with E-state index in [-0.39, 0.29) is 18.6 Å². The molecule has 0 aliphatic heterocycles. The second kappa shape index (κ2) is 10.5. The number of methoxy groups -OCH3 is 2. The van der Waals surface area contributed by atoms with E-state index in [1.54, 1.807) is 24.4 Å². The molecule has 0 saturated heterocycles. The maximum atomic E-state index is 12.4. The number of nitrogens with zero attached hydrogens (tertiary/aromatic N) is 2. The van der Waals surface area contributed by atoms with Crippen LogP contribution in [-0.2, 0) is 27.4 Å². The molecule has 0 bridgehead atoms. The predicted molar refractivity (Wildman–Crippen MR) is 98.8 cm³/mol. The standard InChI is InChI=1S/C20H26N2O4/c1-16(14-24-2)26-19-6-4-5-18(11-19)13-22(20(23)15-25-3)12-17-7-9-21-10-8-17/h4-11,16H,12-15H2,1-3H3/t16-/m1/s1. The zero-order chi connectivity index (χ0) is 18.8. The second-order valence-electron chi connectivity index (χ2n) is 6.07. The number of benzene rings is 1. The first kappa shape index (κ1) is 19.9. The lowest BCUT2D eigenvalue weighted by Crippen LogP contribution is -2.32. The summed E-state index contributed by atoms with van der Waals surface area (Å²) in [5, 5.41) is 0. The van der Waals surface area contributed by atoms with E-state index in [9.17, 15) is 4.79 Å². The summed E-state index contributed by atoms with van der Waals surface area (Å²) in [5.74, 6) is 0.693. The molecular weight excluding hydrogens is 332 g/mol. The Labute approximate surface area is 154 Å². The molecule has 2 aromatic rings. The van der Waals surface area contributed by atoms with Gasteiger partial charge >= 0.3 is 0 Å². The van der Waals surface area contributed by atoms with Crippen LogP contribution in [-0.4, -0.2) is 49.3 Å². The van der Waals surface area contributed by atoms with Crippen LogP contribution < -0.4 is 4.74 Å². The zero-order valence-electron chi connectivity index (χ0n) is 15.6. The SMILES string of the molecule is COCC(=O)N(Cc1ccncc1)Cc1cccc(O[C@H](C)COC)c1. The van der Waals surface area contributed by atoms with E-state index in [2.05, 4.69) is 4.98 Å². The molecule has 2 rings (SSSR count). The van der Waals surface area contributed by atoms with Crippen LogP contribution in [0.25, 0.3) is 0 Å². The van der Waals surface area contributed by atoms with Crippen molar-refractivity contribution in [3.63, 3.8) is 0 Å². The molecule has 26 heavy (non-hydrogen) atoms. The van der Waals surface area contributed by atoms with E-state index in [1.165, 1.54) is 7.11 Å². The summed E-state index contributed by atoms with van der Waals surface area (Å²) in [6.45, 7) is 3.49. The molecule has 0 N–H and O–H groups in total. The zero-order valence-corrected chi connectivity index (χ0v) is 15.6. The molecule has 1 atom stereocenters. The van der Waals surface area contributed by atoms with Gasteiger partial charge in [-0.2, -0.15) is 0 Å². The highest BCUT2D eigenvalue weighted by Gasteiger charge is 2.15. The molecule has 1 aromatic carbocycles. The lowest BCUT2D eigenvalue weighted by atomic mass is 10.1. The van der Waals surface area contributed by atoms with Crippen LogP contribution in [0.1, 0.15) is 18.1 Å². The number of aromatic nitrogens is 1. The fourth-order valence-corrected chi connectivity index (χ4v) is 2.59. The minimum absolute atomic E-state index is 0.0432. The quantitative estimate of drug-likeness (QED) is 0.653. The topological polar surface area (TPSA) is 60.9 Å². The fraction of sp³-hybridized carbons (Fsp3) is 0.400. The molecule has 6 heteroatoms. The van der Waals surface area contributed by atoms with Crippen LogP contribution in [0.5, 0.6) is 5.75 Å². The first-order chi connectivity index (χ1) is 12.6. The van der Waals surface area contributed by atoms with E-state index in [0.717, 1.165) is 16.9 Å². The Morgan fingerprint density at radius 3 is 2.50 bits per heavy atom. The molecule has 1 heterocycles. The van der Waals surface area contributed by atoms with Gasteiger partial charge in [0.25, 0.3) is 0 Å². The van der Waals surface area contributed by atoms with Crippen molar-refractivity contribution in [1.29, 1.82) is 0 Å². The molecule has 0 saturated carbocycles. The molecule has 0 radical (unpaired) electrons. The minimum Gasteiger partial charge on any atom is -0.488 e. The number of rotatable bonds is 10. The summed E-state index contributed by atoms with van der Waals surface area (Å²) >= 11 is 0. The van der Waals surface area contributed by atoms with Crippen LogP contribution in [0.3, 0.4) is 0 Å². The lowest BCUT2D eigenvalue weighted by molar-refractivity contribution is -0.136. The van der Waals surface area contributed by atoms with Gasteiger partial charge in [0.1, 0.15) is 18.5 Å². The molecule has 0 unspecified atom stereocenters. The molecule has 0 aliphatic rings. The van der Waals surface area contributed by atoms with Crippen LogP contribution in [0.2, 0.25) is 0 Å². The van der Waals surface area contributed by atoms with Gasteiger partial charge in [-0.15, -0.1) is 0 Å². The number of ether oxygens (including phenoxy) is 3. The Bertz CT molecular complexity index is 679. The third-order valence-electron chi connectivity index (χ3n) is 3.75. The third kappa shape index (κ3) is 6.46. The van der Waals surface area contributed by atoms with Gasteiger partial charge in [0, 0.05) is 39.7 Å². The molecule has 0 spiro atoms. The molecule has 6 nitrogen and oxygen atoms in total. The van der Waals surface area contributed by atoms with Gasteiger partial charge in [-0.3, -0.25) is 9.78 Å². The largest absolute Gasteiger partial charge is 0.488 e. The van der Waals surface area contributed by atoms with Crippen molar-refractivity contribution in [2.75, 3.05) is 27.4 Å². The molecule has 1 aromatic heterocycles. The minimum atomic E-state index is -0.0663. The van der Waals surface area contributed by atoms with Crippen LogP contribution in [0.4, 0.5) is 0 Å². The van der Waals surface area contributed by atoms with Gasteiger partial charge in [0.2, 0.25) is 5.91 Å². The van der Waals surface area contributed by atoms with Crippen molar-refractivity contribution in [1.82, 2.24) is 9.88 Å². The second-order valence-corrected chi connectivity index (χ2v) is 6.07. The monoisotopic (exact) mass is 358 g/mol. The Morgan fingerprint density at radius 2 is 1.81 bits per heavy atom. The van der Waals surface area contributed by atoms with Crippen molar-refractivity contribution in [2.45, 2.75) is 26.1 Å². The molecule has 0 aliphatic carbocycles. The van der Waals surface area contributed by atoms with Crippen LogP contribution in [0.15, 0.2) is 48.8 Å². The number of pyridine rings is 1. The molecule has 140 valence electrons. The van der Waals surface area contributed by atoms with Crippen LogP contribution >= 0.6 is 0 Å². The van der Waals surface area contributed by atoms with Gasteiger partial charge in [0.05, 0.1) is 6.61 Å². The molecule has 0 fully saturated rings. The van der Waals surface area contributed by atoms with E-state index < -0.39 is 0 Å². The number of carbonyl (C=O) groups excluding carboxylic acids is 1. The summed E-state index contributed by atoms with van der Waals surface area (Å²) in [6.07, 6.45) is 3.40. The van der Waals surface area contributed by atoms with Gasteiger partial charge in [0.15, 0.2) is 0 Å². The number of hydrogen-bond acceptors (Lipinski definition) is 5. The van der Waals surface area contributed by atoms with E-state index in [0.29, 0.717) is 19.7 Å². The highest BCUT2D eigenvalue weighted by molar-refractivity contribution is 5.77. The maximum Gasteiger partial charge on any atom is 0.249 e. The van der Waals surface area contributed by atoms with Crippen molar-refractivity contribution >= 4 is 5.91 Å². The number of carbonyl (C=O) groups is 1. The Morgan fingerprint density at radius 1 is 1.08 bits per heavy atom. The maximum absolute atomic E-state index is 12.4. The molecule has 1 amide bonds. The van der Waals surface area contributed by atoms with Gasteiger partial charge in [-0.05, 0) is 42.3 Å². The normalized spacial score (nSPS) is 11.8. The Balaban J connectivity index is 2.10. The summed E-state index contributed by atoms with van der Waals surface area (Å²) < 4.78 is 16.0. The first-order valence-electron chi connectivity index (χ1n) is 8.52. The van der Waals surface area contributed by atoms with E-state index in [4.69, 9.17) is 14.2 Å². The first-order valence-corrected chi connectivity index (χ1v) is 8.52. The van der Waals surface area contributed by atoms with Crippen molar-refractivity contribution in [3.05, 3.63) is 59.9 Å². The smallest absolute Gasteiger partial charge is 0.249 e. The highest BCUT2D eigenvalue weighted by atomic mass is 16.5. The highest BCUT2D eigenvalue weighted by Crippen LogP contribution is 2.18. The predicted octanol–water partition coefficient (Wildman–Crippen LogP) is 2.67. The Kier molecular flexibility index (Phi) is 8.05. The average Bonchev–Trinajstić information content (AvgIpc) is 2.63. The van der Waals surface area contributed by atoms with Gasteiger partial charge < -0.3 is 19.1 Å². The van der Waals surface area contributed by atoms with Gasteiger partial charge in [-0.1, -0.05) is 12.1 Å². The van der Waals surface area contributed by atoms with Crippen molar-refractivity contribution < 1.29 is 19.0 Å². The summed E-state index contributed by atoms with van der Waals surface area (Å²) in [7, 11) is 3.17. The Hall–Kier alpha value is -2.44. The molecular formula is C20H26N2O4. The van der Waals surface area contributed by atoms with E-state index in [1.807, 2.05) is 43.3 Å². The van der Waals surface area contributed by atoms with E-state index >= 15 is 0 Å². The summed E-state index contributed by atoms with van der Waals surface area (Å²) in [5.41, 5.74) is 2.01. The summed E-state index contributed by atoms with van der Waals surface area (Å²) in [6, 6.07) is 11.6. The number of amides is 1.